The van der Waals surface area contributed by atoms with Crippen LogP contribution < -0.4 is 0 Å². The zero-order chi connectivity index (χ0) is 23.1. The van der Waals surface area contributed by atoms with E-state index in [2.05, 4.69) is 31.0 Å². The summed E-state index contributed by atoms with van der Waals surface area (Å²) in [6, 6.07) is 3.78. The van der Waals surface area contributed by atoms with Gasteiger partial charge in [-0.3, -0.25) is 4.79 Å². The second kappa shape index (κ2) is 8.32. The van der Waals surface area contributed by atoms with Crippen LogP contribution in [0, 0.1) is 28.4 Å². The smallest absolute Gasteiger partial charge is 0.229 e. The van der Waals surface area contributed by atoms with E-state index < -0.39 is 17.0 Å². The molecule has 1 aliphatic carbocycles. The molecule has 1 aromatic carbocycles. The van der Waals surface area contributed by atoms with Crippen molar-refractivity contribution in [1.29, 1.82) is 0 Å². The molecule has 0 N–H and O–H groups in total. The van der Waals surface area contributed by atoms with Crippen LogP contribution in [-0.4, -0.2) is 43.2 Å². The van der Waals surface area contributed by atoms with Gasteiger partial charge in [-0.05, 0) is 55.6 Å². The minimum absolute atomic E-state index is 0.110. The van der Waals surface area contributed by atoms with Gasteiger partial charge < -0.3 is 9.64 Å². The molecule has 0 radical (unpaired) electrons. The fourth-order valence-electron chi connectivity index (χ4n) is 5.84. The molecular formula is C25H33F2N3O2. The van der Waals surface area contributed by atoms with E-state index in [-0.39, 0.29) is 34.1 Å². The van der Waals surface area contributed by atoms with Crippen molar-refractivity contribution in [3.8, 4) is 0 Å². The van der Waals surface area contributed by atoms with Crippen molar-refractivity contribution in [3.63, 3.8) is 0 Å². The lowest BCUT2D eigenvalue weighted by molar-refractivity contribution is -0.172. The second-order valence-electron chi connectivity index (χ2n) is 10.3. The first kappa shape index (κ1) is 23.0. The number of azo groups is 1. The Kier molecular flexibility index (Phi) is 5.99. The number of carbonyl (C=O) groups is 1. The van der Waals surface area contributed by atoms with Gasteiger partial charge in [0.1, 0.15) is 17.2 Å². The Morgan fingerprint density at radius 1 is 1.22 bits per heavy atom. The van der Waals surface area contributed by atoms with E-state index in [1.54, 1.807) is 6.08 Å². The molecule has 7 heteroatoms. The zero-order valence-electron chi connectivity index (χ0n) is 19.5. The van der Waals surface area contributed by atoms with Crippen molar-refractivity contribution in [2.24, 2.45) is 27.0 Å². The Hall–Kier alpha value is -2.15. The topological polar surface area (TPSA) is 54.3 Å². The maximum atomic E-state index is 14.3. The molecular weight excluding hydrogens is 412 g/mol. The first-order valence-electron chi connectivity index (χ1n) is 11.5. The number of ether oxygens (including phenoxy) is 1. The fourth-order valence-corrected chi connectivity index (χ4v) is 5.84. The van der Waals surface area contributed by atoms with Gasteiger partial charge >= 0.3 is 0 Å². The summed E-state index contributed by atoms with van der Waals surface area (Å²) in [7, 11) is 1.48. The zero-order valence-corrected chi connectivity index (χ0v) is 19.5. The summed E-state index contributed by atoms with van der Waals surface area (Å²) in [5, 5.41) is 7.77. The van der Waals surface area contributed by atoms with Gasteiger partial charge in [-0.25, -0.2) is 8.78 Å². The molecule has 1 aromatic rings. The number of nitrogens with zero attached hydrogens (tertiary/aromatic N) is 3. The first-order chi connectivity index (χ1) is 15.1. The van der Waals surface area contributed by atoms with E-state index in [0.717, 1.165) is 32.3 Å². The third-order valence-corrected chi connectivity index (χ3v) is 8.36. The molecule has 1 spiro atoms. The van der Waals surface area contributed by atoms with Crippen LogP contribution in [0.3, 0.4) is 0 Å². The molecule has 2 saturated heterocycles. The van der Waals surface area contributed by atoms with Gasteiger partial charge in [-0.1, -0.05) is 32.9 Å². The molecule has 4 rings (SSSR count). The third kappa shape index (κ3) is 3.68. The molecule has 2 heterocycles. The van der Waals surface area contributed by atoms with Crippen molar-refractivity contribution in [3.05, 3.63) is 41.5 Å². The molecule has 3 aliphatic rings. The summed E-state index contributed by atoms with van der Waals surface area (Å²) in [4.78, 5) is 15.5. The number of halogens is 2. The van der Waals surface area contributed by atoms with Crippen molar-refractivity contribution < 1.29 is 18.3 Å². The van der Waals surface area contributed by atoms with E-state index in [1.807, 2.05) is 4.90 Å². The fraction of sp³-hybridized carbons (Fsp3) is 0.640. The highest BCUT2D eigenvalue weighted by Crippen LogP contribution is 2.58. The standard InChI is InChI=1S/C25H33F2N3O2/c1-23(2)17(9-10-20(29-28-4)21-18(26)7-5-8-19(21)27)11-13-24(23,3)22(31)30-15-25(16-30)12-6-14-32-25/h5,7-8,10,17H,6,9,11-16H2,1-4H3/b20-10-,29-28?/t17?,24-/m1/s1. The van der Waals surface area contributed by atoms with Crippen LogP contribution in [0.5, 0.6) is 0 Å². The summed E-state index contributed by atoms with van der Waals surface area (Å²) in [6.45, 7) is 8.53. The average molecular weight is 446 g/mol. The van der Waals surface area contributed by atoms with E-state index in [1.165, 1.54) is 25.2 Å². The van der Waals surface area contributed by atoms with Gasteiger partial charge in [0.2, 0.25) is 5.91 Å². The summed E-state index contributed by atoms with van der Waals surface area (Å²) in [5.74, 6) is -0.930. The molecule has 32 heavy (non-hydrogen) atoms. The van der Waals surface area contributed by atoms with Crippen LogP contribution in [0.25, 0.3) is 5.70 Å². The largest absolute Gasteiger partial charge is 0.371 e. The molecule has 2 atom stereocenters. The van der Waals surface area contributed by atoms with Gasteiger partial charge in [-0.2, -0.15) is 10.2 Å². The molecule has 5 nitrogen and oxygen atoms in total. The third-order valence-electron chi connectivity index (χ3n) is 8.36. The van der Waals surface area contributed by atoms with Gasteiger partial charge in [0, 0.05) is 13.7 Å². The highest BCUT2D eigenvalue weighted by Gasteiger charge is 2.59. The Balaban J connectivity index is 1.51. The lowest BCUT2D eigenvalue weighted by atomic mass is 9.63. The van der Waals surface area contributed by atoms with E-state index in [0.29, 0.717) is 19.5 Å². The summed E-state index contributed by atoms with van der Waals surface area (Å²) in [5.41, 5.74) is -0.832. The van der Waals surface area contributed by atoms with Crippen LogP contribution in [0.1, 0.15) is 58.4 Å². The molecule has 1 saturated carbocycles. The van der Waals surface area contributed by atoms with Crippen LogP contribution in [-0.2, 0) is 9.53 Å². The number of rotatable bonds is 5. The van der Waals surface area contributed by atoms with Crippen LogP contribution in [0.4, 0.5) is 8.78 Å². The molecule has 0 bridgehead atoms. The number of carbonyl (C=O) groups excluding carboxylic acids is 1. The highest BCUT2D eigenvalue weighted by atomic mass is 19.1. The van der Waals surface area contributed by atoms with Crippen LogP contribution in [0.15, 0.2) is 34.5 Å². The van der Waals surface area contributed by atoms with E-state index in [9.17, 15) is 13.6 Å². The average Bonchev–Trinajstić information content (AvgIpc) is 3.29. The predicted octanol–water partition coefficient (Wildman–Crippen LogP) is 5.61. The molecule has 3 fully saturated rings. The molecule has 174 valence electrons. The number of benzene rings is 1. The van der Waals surface area contributed by atoms with Crippen molar-refractivity contribution in [1.82, 2.24) is 4.90 Å². The van der Waals surface area contributed by atoms with Crippen LogP contribution >= 0.6 is 0 Å². The monoisotopic (exact) mass is 445 g/mol. The predicted molar refractivity (Wildman–Crippen MR) is 119 cm³/mol. The summed E-state index contributed by atoms with van der Waals surface area (Å²) >= 11 is 0. The highest BCUT2D eigenvalue weighted by molar-refractivity contribution is 5.85. The number of likely N-dealkylation sites (tertiary alicyclic amines) is 1. The quantitative estimate of drug-likeness (QED) is 0.553. The summed E-state index contributed by atoms with van der Waals surface area (Å²) < 4.78 is 34.5. The maximum absolute atomic E-state index is 14.3. The molecule has 1 amide bonds. The number of hydrogen-bond donors (Lipinski definition) is 0. The van der Waals surface area contributed by atoms with Gasteiger partial charge in [0.25, 0.3) is 0 Å². The van der Waals surface area contributed by atoms with Gasteiger partial charge in [-0.15, -0.1) is 0 Å². The van der Waals surface area contributed by atoms with Gasteiger partial charge in [0.05, 0.1) is 29.8 Å². The van der Waals surface area contributed by atoms with E-state index >= 15 is 0 Å². The Bertz CT molecular complexity index is 924. The van der Waals surface area contributed by atoms with Gasteiger partial charge in [0.15, 0.2) is 0 Å². The van der Waals surface area contributed by atoms with Crippen molar-refractivity contribution in [2.45, 2.75) is 58.5 Å². The Labute approximate surface area is 188 Å². The maximum Gasteiger partial charge on any atom is 0.229 e. The molecule has 1 unspecified atom stereocenters. The van der Waals surface area contributed by atoms with Crippen molar-refractivity contribution >= 4 is 11.6 Å². The number of hydrogen-bond acceptors (Lipinski definition) is 4. The second-order valence-corrected chi connectivity index (χ2v) is 10.3. The van der Waals surface area contributed by atoms with Crippen LogP contribution in [0.2, 0.25) is 0 Å². The number of amides is 1. The summed E-state index contributed by atoms with van der Waals surface area (Å²) in [6.07, 6.45) is 6.11. The Morgan fingerprint density at radius 2 is 1.91 bits per heavy atom. The SMILES string of the molecule is CN=N/C(=C\CC1CC[C@](C)(C(=O)N2CC3(CCCO3)C2)C1(C)C)c1c(F)cccc1F. The lowest BCUT2D eigenvalue weighted by Gasteiger charge is -2.52. The van der Waals surface area contributed by atoms with Crippen molar-refractivity contribution in [2.75, 3.05) is 26.7 Å². The normalized spacial score (nSPS) is 29.1. The first-order valence-corrected chi connectivity index (χ1v) is 11.5. The lowest BCUT2D eigenvalue weighted by Crippen LogP contribution is -2.66. The molecule has 0 aromatic heterocycles. The molecule has 2 aliphatic heterocycles. The Morgan fingerprint density at radius 3 is 2.50 bits per heavy atom. The minimum atomic E-state index is -0.657. The minimum Gasteiger partial charge on any atom is -0.371 e. The van der Waals surface area contributed by atoms with E-state index in [4.69, 9.17) is 4.74 Å². The number of allylic oxidation sites excluding steroid dienone is 1.